The molecule has 3 aromatic rings. The quantitative estimate of drug-likeness (QED) is 0.677. The Hall–Kier alpha value is -2.23. The van der Waals surface area contributed by atoms with Gasteiger partial charge in [0.1, 0.15) is 34.9 Å². The zero-order chi connectivity index (χ0) is 17.3. The van der Waals surface area contributed by atoms with Crippen molar-refractivity contribution < 1.29 is 13.9 Å². The van der Waals surface area contributed by atoms with Crippen LogP contribution < -0.4 is 5.73 Å². The van der Waals surface area contributed by atoms with Gasteiger partial charge in [-0.3, -0.25) is 0 Å². The summed E-state index contributed by atoms with van der Waals surface area (Å²) in [4.78, 5) is 4.39. The second-order valence-corrected chi connectivity index (χ2v) is 6.49. The van der Waals surface area contributed by atoms with Crippen molar-refractivity contribution in [3.05, 3.63) is 69.9 Å². The van der Waals surface area contributed by atoms with Crippen LogP contribution in [0.25, 0.3) is 0 Å². The molecule has 0 amide bonds. The fourth-order valence-corrected chi connectivity index (χ4v) is 3.56. The highest BCUT2D eigenvalue weighted by Crippen LogP contribution is 2.37. The summed E-state index contributed by atoms with van der Waals surface area (Å²) in [6.45, 7) is -0.104. The highest BCUT2D eigenvalue weighted by Gasteiger charge is 2.37. The summed E-state index contributed by atoms with van der Waals surface area (Å²) in [7, 11) is 0. The van der Waals surface area contributed by atoms with Crippen molar-refractivity contribution in [2.75, 3.05) is 0 Å². The van der Waals surface area contributed by atoms with Gasteiger partial charge in [-0.1, -0.05) is 12.2 Å². The van der Waals surface area contributed by atoms with E-state index in [0.29, 0.717) is 10.4 Å². The average molecular weight is 366 g/mol. The number of hydrogen-bond acceptors (Lipinski definition) is 5. The molecule has 2 heterocycles. The van der Waals surface area contributed by atoms with Crippen molar-refractivity contribution in [2.24, 2.45) is 5.73 Å². The van der Waals surface area contributed by atoms with Gasteiger partial charge in [-0.2, -0.15) is 5.10 Å². The molecule has 1 aromatic carbocycles. The highest BCUT2D eigenvalue weighted by molar-refractivity contribution is 7.80. The van der Waals surface area contributed by atoms with E-state index in [-0.39, 0.29) is 17.1 Å². The molecule has 124 valence electrons. The van der Waals surface area contributed by atoms with Crippen LogP contribution in [0.3, 0.4) is 0 Å². The Balaban J connectivity index is 2.13. The minimum atomic E-state index is -1.78. The van der Waals surface area contributed by atoms with Gasteiger partial charge in [-0.05, 0) is 18.2 Å². The number of benzene rings is 1. The van der Waals surface area contributed by atoms with Crippen molar-refractivity contribution in [1.82, 2.24) is 14.8 Å². The second kappa shape index (κ2) is 6.34. The SMILES string of the molecule is NC(=S)c1csc(C(O)(Cn2cncn2)c2ccc(F)cc2F)c1. The summed E-state index contributed by atoms with van der Waals surface area (Å²) in [6.07, 6.45) is 2.70. The minimum absolute atomic E-state index is 0.0734. The molecule has 0 aliphatic heterocycles. The summed E-state index contributed by atoms with van der Waals surface area (Å²) >= 11 is 6.10. The lowest BCUT2D eigenvalue weighted by atomic mass is 9.91. The van der Waals surface area contributed by atoms with Gasteiger partial charge in [0.15, 0.2) is 0 Å². The van der Waals surface area contributed by atoms with E-state index >= 15 is 0 Å². The van der Waals surface area contributed by atoms with Crippen LogP contribution >= 0.6 is 23.6 Å². The molecule has 1 unspecified atom stereocenters. The Labute approximate surface area is 145 Å². The number of nitrogens with zero attached hydrogens (tertiary/aromatic N) is 3. The van der Waals surface area contributed by atoms with Gasteiger partial charge in [-0.25, -0.2) is 18.4 Å². The van der Waals surface area contributed by atoms with Crippen LogP contribution in [0, 0.1) is 11.6 Å². The van der Waals surface area contributed by atoms with E-state index in [1.54, 1.807) is 11.4 Å². The molecular weight excluding hydrogens is 354 g/mol. The molecule has 24 heavy (non-hydrogen) atoms. The largest absolute Gasteiger partial charge is 0.389 e. The lowest BCUT2D eigenvalue weighted by molar-refractivity contribution is 0.0571. The molecule has 3 rings (SSSR count). The molecule has 0 bridgehead atoms. The van der Waals surface area contributed by atoms with Gasteiger partial charge in [0.05, 0.1) is 6.54 Å². The number of thiocarbonyl (C=S) groups is 1. The van der Waals surface area contributed by atoms with Crippen molar-refractivity contribution >= 4 is 28.5 Å². The second-order valence-electron chi connectivity index (χ2n) is 5.14. The maximum absolute atomic E-state index is 14.3. The average Bonchev–Trinajstić information content (AvgIpc) is 3.18. The van der Waals surface area contributed by atoms with Crippen LogP contribution in [0.2, 0.25) is 0 Å². The number of hydrogen-bond donors (Lipinski definition) is 2. The van der Waals surface area contributed by atoms with E-state index in [1.165, 1.54) is 34.7 Å². The van der Waals surface area contributed by atoms with E-state index in [0.717, 1.165) is 12.1 Å². The first kappa shape index (κ1) is 16.6. The number of nitrogens with two attached hydrogens (primary N) is 1. The van der Waals surface area contributed by atoms with E-state index in [2.05, 4.69) is 10.1 Å². The van der Waals surface area contributed by atoms with Crippen molar-refractivity contribution in [3.63, 3.8) is 0 Å². The maximum Gasteiger partial charge on any atom is 0.146 e. The third kappa shape index (κ3) is 3.05. The first-order chi connectivity index (χ1) is 11.4. The van der Waals surface area contributed by atoms with E-state index < -0.39 is 17.2 Å². The van der Waals surface area contributed by atoms with Crippen LogP contribution in [-0.4, -0.2) is 24.9 Å². The summed E-state index contributed by atoms with van der Waals surface area (Å²) in [5.74, 6) is -1.59. The lowest BCUT2D eigenvalue weighted by Crippen LogP contribution is -2.33. The monoisotopic (exact) mass is 366 g/mol. The topological polar surface area (TPSA) is 77.0 Å². The van der Waals surface area contributed by atoms with Gasteiger partial charge in [-0.15, -0.1) is 11.3 Å². The molecule has 1 atom stereocenters. The summed E-state index contributed by atoms with van der Waals surface area (Å²) in [6, 6.07) is 4.62. The summed E-state index contributed by atoms with van der Waals surface area (Å²) in [5.41, 5.74) is 4.31. The van der Waals surface area contributed by atoms with Gasteiger partial charge in [0.25, 0.3) is 0 Å². The molecule has 0 spiro atoms. The van der Waals surface area contributed by atoms with Gasteiger partial charge < -0.3 is 10.8 Å². The molecule has 0 radical (unpaired) electrons. The van der Waals surface area contributed by atoms with Gasteiger partial charge in [0, 0.05) is 27.5 Å². The van der Waals surface area contributed by atoms with Crippen molar-refractivity contribution in [2.45, 2.75) is 12.1 Å². The zero-order valence-corrected chi connectivity index (χ0v) is 13.8. The lowest BCUT2D eigenvalue weighted by Gasteiger charge is -2.28. The molecule has 0 saturated heterocycles. The van der Waals surface area contributed by atoms with Gasteiger partial charge in [0.2, 0.25) is 0 Å². The molecule has 0 aliphatic rings. The number of thiophene rings is 1. The van der Waals surface area contributed by atoms with Crippen LogP contribution in [0.5, 0.6) is 0 Å². The van der Waals surface area contributed by atoms with Crippen LogP contribution in [-0.2, 0) is 12.1 Å². The molecule has 0 fully saturated rings. The number of aromatic nitrogens is 3. The van der Waals surface area contributed by atoms with E-state index in [9.17, 15) is 13.9 Å². The molecule has 3 N–H and O–H groups in total. The Morgan fingerprint density at radius 3 is 2.75 bits per heavy atom. The molecule has 0 aliphatic carbocycles. The van der Waals surface area contributed by atoms with Crippen molar-refractivity contribution in [3.8, 4) is 0 Å². The Bertz CT molecular complexity index is 881. The van der Waals surface area contributed by atoms with Crippen LogP contribution in [0.1, 0.15) is 16.0 Å². The minimum Gasteiger partial charge on any atom is -0.389 e. The fraction of sp³-hybridized carbons (Fsp3) is 0.133. The predicted molar refractivity (Wildman–Crippen MR) is 89.6 cm³/mol. The number of halogens is 2. The van der Waals surface area contributed by atoms with Crippen LogP contribution in [0.15, 0.2) is 42.3 Å². The first-order valence-electron chi connectivity index (χ1n) is 6.79. The third-order valence-electron chi connectivity index (χ3n) is 3.53. The predicted octanol–water partition coefficient (Wildman–Crippen LogP) is 2.19. The molecular formula is C15H12F2N4OS2. The Kier molecular flexibility index (Phi) is 4.39. The summed E-state index contributed by atoms with van der Waals surface area (Å²) < 4.78 is 28.9. The summed E-state index contributed by atoms with van der Waals surface area (Å²) in [5, 5.41) is 16.9. The van der Waals surface area contributed by atoms with Crippen LogP contribution in [0.4, 0.5) is 8.78 Å². The highest BCUT2D eigenvalue weighted by atomic mass is 32.1. The van der Waals surface area contributed by atoms with Gasteiger partial charge >= 0.3 is 0 Å². The maximum atomic E-state index is 14.3. The standard InChI is InChI=1S/C15H12F2N4OS2/c16-10-1-2-11(12(17)4-10)15(22,6-21-8-19-7-20-21)13-3-9(5-24-13)14(18)23/h1-5,7-8,22H,6H2,(H2,18,23). The molecule has 0 saturated carbocycles. The molecule has 5 nitrogen and oxygen atoms in total. The van der Waals surface area contributed by atoms with E-state index in [1.807, 2.05) is 0 Å². The number of rotatable bonds is 5. The van der Waals surface area contributed by atoms with Crippen molar-refractivity contribution in [1.29, 1.82) is 0 Å². The first-order valence-corrected chi connectivity index (χ1v) is 8.08. The zero-order valence-electron chi connectivity index (χ0n) is 12.2. The molecule has 9 heteroatoms. The smallest absolute Gasteiger partial charge is 0.146 e. The fourth-order valence-electron chi connectivity index (χ4n) is 2.35. The molecule has 2 aromatic heterocycles. The normalized spacial score (nSPS) is 13.6. The Morgan fingerprint density at radius 2 is 2.17 bits per heavy atom. The number of aliphatic hydroxyl groups is 1. The van der Waals surface area contributed by atoms with E-state index in [4.69, 9.17) is 18.0 Å². The Morgan fingerprint density at radius 1 is 1.38 bits per heavy atom. The third-order valence-corrected chi connectivity index (χ3v) is 4.84.